The van der Waals surface area contributed by atoms with Crippen LogP contribution in [0.15, 0.2) is 48.1 Å². The molecular weight excluding hydrogens is 304 g/mol. The van der Waals surface area contributed by atoms with Crippen LogP contribution in [0.5, 0.6) is 5.75 Å². The first-order valence-electron chi connectivity index (χ1n) is 7.96. The number of nitrogens with one attached hydrogen (secondary N) is 2. The Balaban J connectivity index is 1.85. The van der Waals surface area contributed by atoms with Gasteiger partial charge in [-0.1, -0.05) is 30.9 Å². The summed E-state index contributed by atoms with van der Waals surface area (Å²) in [6, 6.07) is 7.83. The molecule has 3 heterocycles. The van der Waals surface area contributed by atoms with Gasteiger partial charge in [0.15, 0.2) is 11.6 Å². The molecule has 1 fully saturated rings. The summed E-state index contributed by atoms with van der Waals surface area (Å²) in [6.07, 6.45) is 3.48. The van der Waals surface area contributed by atoms with Crippen molar-refractivity contribution in [1.82, 2.24) is 15.5 Å². The number of nitrogens with zero attached hydrogens (tertiary/aromatic N) is 2. The normalized spacial score (nSPS) is 22.3. The van der Waals surface area contributed by atoms with Crippen LogP contribution in [-0.4, -0.2) is 41.4 Å². The van der Waals surface area contributed by atoms with E-state index in [4.69, 9.17) is 4.74 Å². The van der Waals surface area contributed by atoms with Crippen molar-refractivity contribution in [3.05, 3.63) is 54.2 Å². The number of carbonyl (C=O) groups is 1. The maximum Gasteiger partial charge on any atom is 0.156 e. The monoisotopic (exact) mass is 322 g/mol. The number of piperidine rings is 1. The van der Waals surface area contributed by atoms with Gasteiger partial charge in [0.25, 0.3) is 0 Å². The maximum absolute atomic E-state index is 12.6. The number of H-pyrrole nitrogens is 1. The number of ether oxygens (including phenoxy) is 1. The molecule has 122 valence electrons. The Morgan fingerprint density at radius 1 is 1.25 bits per heavy atom. The van der Waals surface area contributed by atoms with E-state index in [1.165, 1.54) is 0 Å². The number of aromatic nitrogens is 2. The number of aliphatic imine (C=N–C) groups is 1. The molecule has 1 aromatic heterocycles. The molecule has 2 aromatic rings. The van der Waals surface area contributed by atoms with Gasteiger partial charge in [-0.3, -0.25) is 9.89 Å². The van der Waals surface area contributed by atoms with Crippen LogP contribution in [0.1, 0.15) is 17.0 Å². The zero-order valence-electron chi connectivity index (χ0n) is 13.2. The van der Waals surface area contributed by atoms with Gasteiger partial charge in [0.05, 0.1) is 18.7 Å². The third-order valence-electron chi connectivity index (χ3n) is 4.49. The van der Waals surface area contributed by atoms with Crippen molar-refractivity contribution in [2.75, 3.05) is 19.7 Å². The SMILES string of the molecule is C=CCOc1ccccc1C1c2cn[nH]c2N=C2CNCC(=O)C21. The molecule has 0 bridgehead atoms. The Morgan fingerprint density at radius 3 is 3.00 bits per heavy atom. The molecule has 24 heavy (non-hydrogen) atoms. The fourth-order valence-electron chi connectivity index (χ4n) is 3.50. The third-order valence-corrected chi connectivity index (χ3v) is 4.49. The van der Waals surface area contributed by atoms with Crippen molar-refractivity contribution in [2.24, 2.45) is 10.9 Å². The van der Waals surface area contributed by atoms with E-state index in [1.807, 2.05) is 24.3 Å². The number of hydrogen-bond donors (Lipinski definition) is 2. The summed E-state index contributed by atoms with van der Waals surface area (Å²) in [7, 11) is 0. The summed E-state index contributed by atoms with van der Waals surface area (Å²) in [4.78, 5) is 17.2. The molecule has 6 heteroatoms. The van der Waals surface area contributed by atoms with Crippen LogP contribution in [0.2, 0.25) is 0 Å². The summed E-state index contributed by atoms with van der Waals surface area (Å²) in [5.41, 5.74) is 2.77. The van der Waals surface area contributed by atoms with Crippen LogP contribution in [0.4, 0.5) is 5.82 Å². The van der Waals surface area contributed by atoms with Gasteiger partial charge in [0.2, 0.25) is 0 Å². The fraction of sp³-hybridized carbons (Fsp3) is 0.278. The van der Waals surface area contributed by atoms with Crippen molar-refractivity contribution in [1.29, 1.82) is 0 Å². The topological polar surface area (TPSA) is 79.4 Å². The van der Waals surface area contributed by atoms with Crippen LogP contribution in [0.25, 0.3) is 0 Å². The molecule has 0 radical (unpaired) electrons. The minimum Gasteiger partial charge on any atom is -0.489 e. The van der Waals surface area contributed by atoms with E-state index < -0.39 is 0 Å². The van der Waals surface area contributed by atoms with Gasteiger partial charge in [0, 0.05) is 29.3 Å². The second kappa shape index (κ2) is 6.05. The van der Waals surface area contributed by atoms with Crippen LogP contribution < -0.4 is 10.1 Å². The van der Waals surface area contributed by atoms with E-state index in [0.717, 1.165) is 28.4 Å². The first-order valence-corrected chi connectivity index (χ1v) is 7.96. The Kier molecular flexibility index (Phi) is 3.74. The summed E-state index contributed by atoms with van der Waals surface area (Å²) < 4.78 is 5.83. The average molecular weight is 322 g/mol. The van der Waals surface area contributed by atoms with E-state index in [2.05, 4.69) is 27.1 Å². The highest BCUT2D eigenvalue weighted by molar-refractivity contribution is 6.11. The lowest BCUT2D eigenvalue weighted by atomic mass is 9.73. The van der Waals surface area contributed by atoms with Crippen molar-refractivity contribution in [3.63, 3.8) is 0 Å². The summed E-state index contributed by atoms with van der Waals surface area (Å²) in [5, 5.41) is 10.2. The highest BCUT2D eigenvalue weighted by Gasteiger charge is 2.42. The minimum atomic E-state index is -0.273. The molecule has 2 atom stereocenters. The average Bonchev–Trinajstić information content (AvgIpc) is 3.07. The quantitative estimate of drug-likeness (QED) is 0.844. The number of fused-ring (bicyclic) bond motifs is 2. The van der Waals surface area contributed by atoms with Crippen molar-refractivity contribution in [3.8, 4) is 5.75 Å². The first-order chi connectivity index (χ1) is 11.8. The van der Waals surface area contributed by atoms with Crippen LogP contribution in [-0.2, 0) is 4.79 Å². The fourth-order valence-corrected chi connectivity index (χ4v) is 3.50. The Bertz CT molecular complexity index is 824. The molecule has 0 spiro atoms. The van der Waals surface area contributed by atoms with Crippen molar-refractivity contribution in [2.45, 2.75) is 5.92 Å². The number of carbonyl (C=O) groups excluding carboxylic acids is 1. The van der Waals surface area contributed by atoms with E-state index in [0.29, 0.717) is 19.7 Å². The van der Waals surface area contributed by atoms with E-state index in [9.17, 15) is 4.79 Å². The predicted octanol–water partition coefficient (Wildman–Crippen LogP) is 1.98. The highest BCUT2D eigenvalue weighted by atomic mass is 16.5. The van der Waals surface area contributed by atoms with Crippen LogP contribution in [0.3, 0.4) is 0 Å². The molecule has 2 unspecified atom stereocenters. The van der Waals surface area contributed by atoms with Gasteiger partial charge in [0.1, 0.15) is 12.4 Å². The predicted molar refractivity (Wildman–Crippen MR) is 91.0 cm³/mol. The van der Waals surface area contributed by atoms with Crippen LogP contribution in [0, 0.1) is 5.92 Å². The molecule has 0 aliphatic carbocycles. The minimum absolute atomic E-state index is 0.137. The number of para-hydroxylation sites is 1. The Labute approximate surface area is 139 Å². The zero-order chi connectivity index (χ0) is 16.5. The molecule has 4 rings (SSSR count). The number of aromatic amines is 1. The molecular formula is C18H18N4O2. The van der Waals surface area contributed by atoms with Gasteiger partial charge < -0.3 is 10.1 Å². The third kappa shape index (κ3) is 2.35. The Hall–Kier alpha value is -2.73. The van der Waals surface area contributed by atoms with Gasteiger partial charge in [-0.05, 0) is 6.07 Å². The molecule has 1 saturated heterocycles. The van der Waals surface area contributed by atoms with Gasteiger partial charge in [-0.15, -0.1) is 0 Å². The number of hydrogen-bond acceptors (Lipinski definition) is 5. The smallest absolute Gasteiger partial charge is 0.156 e. The molecule has 0 amide bonds. The first kappa shape index (κ1) is 14.8. The molecule has 1 aromatic carbocycles. The van der Waals surface area contributed by atoms with Crippen molar-refractivity contribution < 1.29 is 9.53 Å². The summed E-state index contributed by atoms with van der Waals surface area (Å²) >= 11 is 0. The second-order valence-corrected chi connectivity index (χ2v) is 5.94. The van der Waals surface area contributed by atoms with Crippen molar-refractivity contribution >= 4 is 17.3 Å². The largest absolute Gasteiger partial charge is 0.489 e. The lowest BCUT2D eigenvalue weighted by molar-refractivity contribution is -0.120. The van der Waals surface area contributed by atoms with Gasteiger partial charge in [-0.25, -0.2) is 4.99 Å². The number of Topliss-reactive ketones (excluding diaryl/α,β-unsaturated/α-hetero) is 1. The second-order valence-electron chi connectivity index (χ2n) is 5.94. The van der Waals surface area contributed by atoms with E-state index in [1.54, 1.807) is 12.3 Å². The lowest BCUT2D eigenvalue weighted by Gasteiger charge is -2.34. The lowest BCUT2D eigenvalue weighted by Crippen LogP contribution is -2.48. The van der Waals surface area contributed by atoms with E-state index in [-0.39, 0.29) is 17.6 Å². The Morgan fingerprint density at radius 2 is 2.12 bits per heavy atom. The molecule has 6 nitrogen and oxygen atoms in total. The highest BCUT2D eigenvalue weighted by Crippen LogP contribution is 2.45. The number of benzene rings is 1. The summed E-state index contributed by atoms with van der Waals surface area (Å²) in [5.74, 6) is 1.23. The van der Waals surface area contributed by atoms with Gasteiger partial charge >= 0.3 is 0 Å². The standard InChI is InChI=1S/C18H18N4O2/c1-2-7-24-15-6-4-3-5-11(15)16-12-8-20-22-18(12)21-13-9-19-10-14(23)17(13)16/h2-6,8,16-17,19H,1,7,9-10H2,(H,20,22). The molecule has 2 N–H and O–H groups in total. The summed E-state index contributed by atoms with van der Waals surface area (Å²) in [6.45, 7) is 5.10. The van der Waals surface area contributed by atoms with Gasteiger partial charge in [-0.2, -0.15) is 5.10 Å². The number of rotatable bonds is 4. The number of ketones is 1. The zero-order valence-corrected chi connectivity index (χ0v) is 13.2. The van der Waals surface area contributed by atoms with E-state index >= 15 is 0 Å². The molecule has 0 saturated carbocycles. The molecule has 2 aliphatic rings. The maximum atomic E-state index is 12.6. The van der Waals surface area contributed by atoms with Crippen LogP contribution >= 0.6 is 0 Å². The molecule has 2 aliphatic heterocycles.